The van der Waals surface area contributed by atoms with Gasteiger partial charge in [-0.2, -0.15) is 0 Å². The van der Waals surface area contributed by atoms with Crippen LogP contribution in [0.15, 0.2) is 23.1 Å². The number of nitrogen functional groups attached to an aromatic ring is 1. The highest BCUT2D eigenvalue weighted by molar-refractivity contribution is 7.89. The van der Waals surface area contributed by atoms with Crippen LogP contribution < -0.4 is 21.9 Å². The Balaban J connectivity index is 2.80. The molecule has 0 aliphatic heterocycles. The predicted molar refractivity (Wildman–Crippen MR) is 64.5 cm³/mol. The molecule has 94 valence electrons. The van der Waals surface area contributed by atoms with E-state index < -0.39 is 15.9 Å². The van der Waals surface area contributed by atoms with Crippen LogP contribution in [-0.4, -0.2) is 20.9 Å². The van der Waals surface area contributed by atoms with Gasteiger partial charge in [0.1, 0.15) is 0 Å². The van der Waals surface area contributed by atoms with Gasteiger partial charge in [0.15, 0.2) is 0 Å². The lowest BCUT2D eigenvalue weighted by molar-refractivity contribution is -0.117. The van der Waals surface area contributed by atoms with Crippen LogP contribution in [0.2, 0.25) is 0 Å². The lowest BCUT2D eigenvalue weighted by Crippen LogP contribution is -2.16. The summed E-state index contributed by atoms with van der Waals surface area (Å²) in [5.74, 6) is -0.433. The predicted octanol–water partition coefficient (Wildman–Crippen LogP) is -0.796. The number of amides is 1. The molecule has 0 bridgehead atoms. The van der Waals surface area contributed by atoms with Crippen molar-refractivity contribution in [2.24, 2.45) is 10.9 Å². The van der Waals surface area contributed by atoms with Gasteiger partial charge < -0.3 is 16.8 Å². The molecular formula is C9H14N4O3S. The van der Waals surface area contributed by atoms with Crippen LogP contribution >= 0.6 is 0 Å². The van der Waals surface area contributed by atoms with Crippen molar-refractivity contribution in [2.75, 3.05) is 17.6 Å². The van der Waals surface area contributed by atoms with Gasteiger partial charge in [0.05, 0.1) is 16.3 Å². The number of anilines is 2. The average Bonchev–Trinajstić information content (AvgIpc) is 2.18. The molecule has 1 amide bonds. The van der Waals surface area contributed by atoms with Crippen molar-refractivity contribution in [2.45, 2.75) is 11.3 Å². The van der Waals surface area contributed by atoms with E-state index in [2.05, 4.69) is 5.32 Å². The number of primary sulfonamides is 1. The quantitative estimate of drug-likeness (QED) is 0.512. The Hall–Kier alpha value is -1.80. The fourth-order valence-electron chi connectivity index (χ4n) is 1.20. The number of carbonyl (C=O) groups is 1. The molecule has 7 N–H and O–H groups in total. The molecule has 7 nitrogen and oxygen atoms in total. The lowest BCUT2D eigenvalue weighted by atomic mass is 10.2. The topological polar surface area (TPSA) is 141 Å². The largest absolute Gasteiger partial charge is 0.397 e. The molecule has 0 fully saturated rings. The molecular weight excluding hydrogens is 244 g/mol. The number of benzene rings is 1. The maximum absolute atomic E-state index is 11.0. The SMILES string of the molecule is NC(=O)CCNc1ccc(S(N)(=O)=O)cc1N. The Kier molecular flexibility index (Phi) is 3.92. The Morgan fingerprint density at radius 2 is 2.00 bits per heavy atom. The lowest BCUT2D eigenvalue weighted by Gasteiger charge is -2.09. The van der Waals surface area contributed by atoms with Crippen molar-refractivity contribution in [3.8, 4) is 0 Å². The standard InChI is InChI=1S/C9H14N4O3S/c10-7-5-6(17(12,15)16)1-2-8(7)13-4-3-9(11)14/h1-2,5,13H,3-4,10H2,(H2,11,14)(H2,12,15,16). The fourth-order valence-corrected chi connectivity index (χ4v) is 1.75. The fraction of sp³-hybridized carbons (Fsp3) is 0.222. The van der Waals surface area contributed by atoms with Crippen LogP contribution in [0.4, 0.5) is 11.4 Å². The molecule has 17 heavy (non-hydrogen) atoms. The van der Waals surface area contributed by atoms with Crippen molar-refractivity contribution >= 4 is 27.3 Å². The summed E-state index contributed by atoms with van der Waals surface area (Å²) in [5.41, 5.74) is 11.4. The smallest absolute Gasteiger partial charge is 0.238 e. The number of primary amides is 1. The van der Waals surface area contributed by atoms with Gasteiger partial charge in [0.25, 0.3) is 0 Å². The molecule has 8 heteroatoms. The number of nitrogens with one attached hydrogen (secondary N) is 1. The Morgan fingerprint density at radius 1 is 1.35 bits per heavy atom. The van der Waals surface area contributed by atoms with Gasteiger partial charge in [-0.05, 0) is 18.2 Å². The molecule has 1 aromatic rings. The van der Waals surface area contributed by atoms with Gasteiger partial charge in [-0.1, -0.05) is 0 Å². The minimum absolute atomic E-state index is 0.0598. The normalized spacial score (nSPS) is 11.1. The van der Waals surface area contributed by atoms with E-state index in [0.717, 1.165) is 0 Å². The highest BCUT2D eigenvalue weighted by Crippen LogP contribution is 2.21. The molecule has 0 aromatic heterocycles. The minimum Gasteiger partial charge on any atom is -0.397 e. The molecule has 0 aliphatic carbocycles. The van der Waals surface area contributed by atoms with Crippen LogP contribution in [-0.2, 0) is 14.8 Å². The number of sulfonamides is 1. The Bertz CT molecular complexity index is 527. The molecule has 0 aliphatic rings. The first kappa shape index (κ1) is 13.3. The first-order valence-electron chi connectivity index (χ1n) is 4.75. The number of carbonyl (C=O) groups excluding carboxylic acids is 1. The van der Waals surface area contributed by atoms with E-state index in [1.165, 1.54) is 18.2 Å². The van der Waals surface area contributed by atoms with E-state index in [1.807, 2.05) is 0 Å². The van der Waals surface area contributed by atoms with Crippen LogP contribution in [0.5, 0.6) is 0 Å². The molecule has 1 rings (SSSR count). The van der Waals surface area contributed by atoms with Crippen molar-refractivity contribution in [3.63, 3.8) is 0 Å². The number of rotatable bonds is 5. The summed E-state index contributed by atoms with van der Waals surface area (Å²) < 4.78 is 22.1. The first-order chi connectivity index (χ1) is 7.80. The minimum atomic E-state index is -3.76. The zero-order chi connectivity index (χ0) is 13.1. The van der Waals surface area contributed by atoms with Gasteiger partial charge in [-0.15, -0.1) is 0 Å². The summed E-state index contributed by atoms with van der Waals surface area (Å²) in [6.45, 7) is 0.328. The molecule has 0 spiro atoms. The summed E-state index contributed by atoms with van der Waals surface area (Å²) in [5, 5.41) is 7.81. The second-order valence-electron chi connectivity index (χ2n) is 3.44. The van der Waals surface area contributed by atoms with Crippen LogP contribution in [0.1, 0.15) is 6.42 Å². The maximum Gasteiger partial charge on any atom is 0.238 e. The van der Waals surface area contributed by atoms with Gasteiger partial charge in [-0.3, -0.25) is 4.79 Å². The molecule has 0 saturated carbocycles. The van der Waals surface area contributed by atoms with E-state index in [1.54, 1.807) is 0 Å². The number of nitrogens with two attached hydrogens (primary N) is 3. The van der Waals surface area contributed by atoms with Crippen LogP contribution in [0, 0.1) is 0 Å². The summed E-state index contributed by atoms with van der Waals surface area (Å²) in [4.78, 5) is 10.5. The molecule has 0 unspecified atom stereocenters. The Labute approximate surface area is 99.0 Å². The summed E-state index contributed by atoms with van der Waals surface area (Å²) in [7, 11) is -3.76. The Morgan fingerprint density at radius 3 is 2.47 bits per heavy atom. The molecule has 1 aromatic carbocycles. The van der Waals surface area contributed by atoms with Crippen molar-refractivity contribution in [3.05, 3.63) is 18.2 Å². The van der Waals surface area contributed by atoms with E-state index in [0.29, 0.717) is 12.2 Å². The second kappa shape index (κ2) is 5.02. The van der Waals surface area contributed by atoms with Gasteiger partial charge in [0.2, 0.25) is 15.9 Å². The number of hydrogen-bond donors (Lipinski definition) is 4. The third-order valence-electron chi connectivity index (χ3n) is 2.04. The van der Waals surface area contributed by atoms with E-state index in [4.69, 9.17) is 16.6 Å². The van der Waals surface area contributed by atoms with Crippen molar-refractivity contribution in [1.82, 2.24) is 0 Å². The molecule has 0 atom stereocenters. The average molecular weight is 258 g/mol. The van der Waals surface area contributed by atoms with Crippen molar-refractivity contribution in [1.29, 1.82) is 0 Å². The second-order valence-corrected chi connectivity index (χ2v) is 5.00. The third-order valence-corrected chi connectivity index (χ3v) is 2.95. The van der Waals surface area contributed by atoms with Crippen LogP contribution in [0.25, 0.3) is 0 Å². The van der Waals surface area contributed by atoms with Crippen molar-refractivity contribution < 1.29 is 13.2 Å². The monoisotopic (exact) mass is 258 g/mol. The van der Waals surface area contributed by atoms with E-state index >= 15 is 0 Å². The zero-order valence-electron chi connectivity index (χ0n) is 9.01. The highest BCUT2D eigenvalue weighted by atomic mass is 32.2. The van der Waals surface area contributed by atoms with Crippen LogP contribution in [0.3, 0.4) is 0 Å². The molecule has 0 heterocycles. The molecule has 0 radical (unpaired) electrons. The van der Waals surface area contributed by atoms with Gasteiger partial charge >= 0.3 is 0 Å². The summed E-state index contributed by atoms with van der Waals surface area (Å²) in [6.07, 6.45) is 0.163. The number of hydrogen-bond acceptors (Lipinski definition) is 5. The zero-order valence-corrected chi connectivity index (χ0v) is 9.83. The van der Waals surface area contributed by atoms with E-state index in [9.17, 15) is 13.2 Å². The maximum atomic E-state index is 11.0. The van der Waals surface area contributed by atoms with Gasteiger partial charge in [0, 0.05) is 13.0 Å². The third kappa shape index (κ3) is 3.93. The first-order valence-corrected chi connectivity index (χ1v) is 6.30. The summed E-state index contributed by atoms with van der Waals surface area (Å²) >= 11 is 0. The van der Waals surface area contributed by atoms with E-state index in [-0.39, 0.29) is 17.0 Å². The summed E-state index contributed by atoms with van der Waals surface area (Å²) in [6, 6.07) is 4.07. The highest BCUT2D eigenvalue weighted by Gasteiger charge is 2.09. The molecule has 0 saturated heterocycles. The van der Waals surface area contributed by atoms with Gasteiger partial charge in [-0.25, -0.2) is 13.6 Å².